The summed E-state index contributed by atoms with van der Waals surface area (Å²) in [5.41, 5.74) is 4.33. The molecule has 136 valence electrons. The van der Waals surface area contributed by atoms with Gasteiger partial charge in [-0.05, 0) is 24.5 Å². The molecule has 2 unspecified atom stereocenters. The molecule has 1 aliphatic rings. The van der Waals surface area contributed by atoms with E-state index in [2.05, 4.69) is 36.3 Å². The summed E-state index contributed by atoms with van der Waals surface area (Å²) >= 11 is 0. The molecule has 0 radical (unpaired) electrons. The molecule has 0 saturated carbocycles. The first-order chi connectivity index (χ1) is 12.6. The third-order valence-electron chi connectivity index (χ3n) is 4.88. The highest BCUT2D eigenvalue weighted by Crippen LogP contribution is 2.23. The van der Waals surface area contributed by atoms with E-state index in [1.165, 1.54) is 5.56 Å². The predicted octanol–water partition coefficient (Wildman–Crippen LogP) is 4.14. The molecule has 4 heteroatoms. The van der Waals surface area contributed by atoms with Gasteiger partial charge in [0.1, 0.15) is 0 Å². The lowest BCUT2D eigenvalue weighted by Crippen LogP contribution is -2.37. The average Bonchev–Trinajstić information content (AvgIpc) is 3.12. The SMILES string of the molecule is CCC(C(=O)N(C)CC1CC(c2ccc(C)cc2)=NO1)c1ccccc1. The van der Waals surface area contributed by atoms with Gasteiger partial charge in [0.15, 0.2) is 6.10 Å². The maximum Gasteiger partial charge on any atom is 0.229 e. The number of carbonyl (C=O) groups is 1. The zero-order valence-electron chi connectivity index (χ0n) is 15.7. The topological polar surface area (TPSA) is 41.9 Å². The van der Waals surface area contributed by atoms with Crippen molar-refractivity contribution in [3.8, 4) is 0 Å². The molecule has 3 rings (SSSR count). The predicted molar refractivity (Wildman–Crippen MR) is 104 cm³/mol. The number of carbonyl (C=O) groups excluding carboxylic acids is 1. The van der Waals surface area contributed by atoms with E-state index in [1.54, 1.807) is 4.90 Å². The van der Waals surface area contributed by atoms with Crippen LogP contribution in [0.5, 0.6) is 0 Å². The van der Waals surface area contributed by atoms with Crippen LogP contribution in [-0.2, 0) is 9.63 Å². The highest BCUT2D eigenvalue weighted by atomic mass is 16.6. The molecular weight excluding hydrogens is 324 g/mol. The first-order valence-electron chi connectivity index (χ1n) is 9.18. The van der Waals surface area contributed by atoms with Crippen LogP contribution in [0, 0.1) is 6.92 Å². The van der Waals surface area contributed by atoms with Gasteiger partial charge in [0, 0.05) is 13.5 Å². The molecule has 0 fully saturated rings. The number of oxime groups is 1. The minimum absolute atomic E-state index is 0.0893. The fraction of sp³-hybridized carbons (Fsp3) is 0.364. The first-order valence-corrected chi connectivity index (χ1v) is 9.18. The Bertz CT molecular complexity index is 768. The maximum absolute atomic E-state index is 12.9. The second-order valence-electron chi connectivity index (χ2n) is 6.93. The maximum atomic E-state index is 12.9. The summed E-state index contributed by atoms with van der Waals surface area (Å²) in [6, 6.07) is 18.3. The fourth-order valence-electron chi connectivity index (χ4n) is 3.34. The number of amides is 1. The van der Waals surface area contributed by atoms with E-state index < -0.39 is 0 Å². The average molecular weight is 350 g/mol. The van der Waals surface area contributed by atoms with Crippen LogP contribution in [0.2, 0.25) is 0 Å². The van der Waals surface area contributed by atoms with Crippen LogP contribution in [0.25, 0.3) is 0 Å². The summed E-state index contributed by atoms with van der Waals surface area (Å²) in [6.07, 6.45) is 1.42. The number of benzene rings is 2. The van der Waals surface area contributed by atoms with Crippen LogP contribution in [0.3, 0.4) is 0 Å². The van der Waals surface area contributed by atoms with Crippen molar-refractivity contribution >= 4 is 11.6 Å². The molecule has 0 bridgehead atoms. The number of likely N-dealkylation sites (N-methyl/N-ethyl adjacent to an activating group) is 1. The third kappa shape index (κ3) is 4.13. The number of aryl methyl sites for hydroxylation is 1. The number of nitrogens with zero attached hydrogens (tertiary/aromatic N) is 2. The monoisotopic (exact) mass is 350 g/mol. The highest BCUT2D eigenvalue weighted by molar-refractivity contribution is 6.01. The Labute approximate surface area is 155 Å². The van der Waals surface area contributed by atoms with Crippen LogP contribution >= 0.6 is 0 Å². The molecule has 26 heavy (non-hydrogen) atoms. The molecule has 0 N–H and O–H groups in total. The number of hydrogen-bond acceptors (Lipinski definition) is 3. The van der Waals surface area contributed by atoms with E-state index in [-0.39, 0.29) is 17.9 Å². The van der Waals surface area contributed by atoms with Gasteiger partial charge in [-0.3, -0.25) is 4.79 Å². The Kier molecular flexibility index (Phi) is 5.71. The molecule has 0 saturated heterocycles. The molecular formula is C22H26N2O2. The summed E-state index contributed by atoms with van der Waals surface area (Å²) in [6.45, 7) is 4.66. The molecule has 1 heterocycles. The molecule has 1 amide bonds. The summed E-state index contributed by atoms with van der Waals surface area (Å²) in [5, 5.41) is 4.23. The molecule has 0 aromatic heterocycles. The van der Waals surface area contributed by atoms with Gasteiger partial charge in [-0.2, -0.15) is 0 Å². The Balaban J connectivity index is 1.59. The lowest BCUT2D eigenvalue weighted by atomic mass is 9.95. The van der Waals surface area contributed by atoms with Crippen LogP contribution in [0.1, 0.15) is 42.4 Å². The molecule has 1 aliphatic heterocycles. The highest BCUT2D eigenvalue weighted by Gasteiger charge is 2.28. The van der Waals surface area contributed by atoms with E-state index in [0.29, 0.717) is 6.54 Å². The lowest BCUT2D eigenvalue weighted by molar-refractivity contribution is -0.133. The quantitative estimate of drug-likeness (QED) is 0.786. The molecule has 2 aromatic carbocycles. The van der Waals surface area contributed by atoms with Crippen molar-refractivity contribution in [3.63, 3.8) is 0 Å². The molecule has 0 aliphatic carbocycles. The van der Waals surface area contributed by atoms with E-state index in [9.17, 15) is 4.79 Å². The summed E-state index contributed by atoms with van der Waals surface area (Å²) in [4.78, 5) is 20.2. The van der Waals surface area contributed by atoms with Crippen molar-refractivity contribution in [1.29, 1.82) is 0 Å². The standard InChI is InChI=1S/C22H26N2O2/c1-4-20(17-8-6-5-7-9-17)22(25)24(3)15-19-14-21(23-26-19)18-12-10-16(2)11-13-18/h5-13,19-20H,4,14-15H2,1-3H3. The Hall–Kier alpha value is -2.62. The van der Waals surface area contributed by atoms with Gasteiger partial charge < -0.3 is 9.74 Å². The van der Waals surface area contributed by atoms with Crippen LogP contribution in [0.15, 0.2) is 59.8 Å². The summed E-state index contributed by atoms with van der Waals surface area (Å²) in [7, 11) is 1.85. The summed E-state index contributed by atoms with van der Waals surface area (Å²) in [5.74, 6) is 0.0196. The zero-order chi connectivity index (χ0) is 18.5. The minimum Gasteiger partial charge on any atom is -0.390 e. The van der Waals surface area contributed by atoms with Crippen LogP contribution < -0.4 is 0 Å². The van der Waals surface area contributed by atoms with Crippen molar-refractivity contribution in [2.24, 2.45) is 5.16 Å². The molecule has 0 spiro atoms. The zero-order valence-corrected chi connectivity index (χ0v) is 15.7. The van der Waals surface area contributed by atoms with Gasteiger partial charge in [-0.1, -0.05) is 72.2 Å². The van der Waals surface area contributed by atoms with E-state index in [0.717, 1.165) is 29.7 Å². The Morgan fingerprint density at radius 1 is 1.19 bits per heavy atom. The van der Waals surface area contributed by atoms with Gasteiger partial charge in [-0.25, -0.2) is 0 Å². The van der Waals surface area contributed by atoms with Gasteiger partial charge in [0.25, 0.3) is 0 Å². The van der Waals surface area contributed by atoms with Gasteiger partial charge in [0.05, 0.1) is 18.2 Å². The third-order valence-corrected chi connectivity index (χ3v) is 4.88. The lowest BCUT2D eigenvalue weighted by Gasteiger charge is -2.25. The molecule has 2 atom stereocenters. The molecule has 4 nitrogen and oxygen atoms in total. The smallest absolute Gasteiger partial charge is 0.229 e. The number of rotatable bonds is 6. The van der Waals surface area contributed by atoms with E-state index in [1.807, 2.05) is 44.3 Å². The van der Waals surface area contributed by atoms with Crippen molar-refractivity contribution in [2.45, 2.75) is 38.7 Å². The minimum atomic E-state index is -0.111. The van der Waals surface area contributed by atoms with Crippen molar-refractivity contribution in [3.05, 3.63) is 71.3 Å². The summed E-state index contributed by atoms with van der Waals surface area (Å²) < 4.78 is 0. The normalized spacial score (nSPS) is 17.3. The van der Waals surface area contributed by atoms with Crippen molar-refractivity contribution in [2.75, 3.05) is 13.6 Å². The van der Waals surface area contributed by atoms with Crippen LogP contribution in [-0.4, -0.2) is 36.2 Å². The van der Waals surface area contributed by atoms with E-state index >= 15 is 0 Å². The second-order valence-corrected chi connectivity index (χ2v) is 6.93. The van der Waals surface area contributed by atoms with Gasteiger partial charge >= 0.3 is 0 Å². The Morgan fingerprint density at radius 3 is 2.54 bits per heavy atom. The van der Waals surface area contributed by atoms with Crippen molar-refractivity contribution < 1.29 is 9.63 Å². The van der Waals surface area contributed by atoms with Crippen LogP contribution in [0.4, 0.5) is 0 Å². The first kappa shape index (κ1) is 18.2. The van der Waals surface area contributed by atoms with E-state index in [4.69, 9.17) is 4.84 Å². The second kappa shape index (κ2) is 8.17. The van der Waals surface area contributed by atoms with Gasteiger partial charge in [0.2, 0.25) is 5.91 Å². The van der Waals surface area contributed by atoms with Crippen molar-refractivity contribution in [1.82, 2.24) is 4.90 Å². The molecule has 2 aromatic rings. The van der Waals surface area contributed by atoms with Gasteiger partial charge in [-0.15, -0.1) is 0 Å². The largest absolute Gasteiger partial charge is 0.390 e. The fourth-order valence-corrected chi connectivity index (χ4v) is 3.34. The Morgan fingerprint density at radius 2 is 1.88 bits per heavy atom. The number of hydrogen-bond donors (Lipinski definition) is 0.